The van der Waals surface area contributed by atoms with E-state index in [-0.39, 0.29) is 25.8 Å². The van der Waals surface area contributed by atoms with Crippen LogP contribution in [0.3, 0.4) is 0 Å². The van der Waals surface area contributed by atoms with Crippen molar-refractivity contribution in [2.75, 3.05) is 6.54 Å². The minimum Gasteiger partial charge on any atom is -0.460 e. The molecule has 0 heterocycles. The molecule has 0 saturated heterocycles. The lowest BCUT2D eigenvalue weighted by molar-refractivity contribution is -0.154. The van der Waals surface area contributed by atoms with Crippen molar-refractivity contribution in [2.24, 2.45) is 5.92 Å². The molecule has 1 unspecified atom stereocenters. The van der Waals surface area contributed by atoms with Crippen molar-refractivity contribution in [2.45, 2.75) is 58.0 Å². The highest BCUT2D eigenvalue weighted by Crippen LogP contribution is 2.38. The molecule has 0 aliphatic heterocycles. The van der Waals surface area contributed by atoms with Gasteiger partial charge in [0, 0.05) is 25.3 Å². The van der Waals surface area contributed by atoms with E-state index in [9.17, 15) is 18.4 Å². The Bertz CT molecular complexity index is 350. The van der Waals surface area contributed by atoms with E-state index in [0.29, 0.717) is 0 Å². The molecule has 0 aromatic heterocycles. The largest absolute Gasteiger partial charge is 0.460 e. The maximum Gasteiger partial charge on any atom is 0.308 e. The molecule has 4 nitrogen and oxygen atoms in total. The molecule has 0 aromatic rings. The topological polar surface area (TPSA) is 55.4 Å². The van der Waals surface area contributed by atoms with Crippen LogP contribution in [0.1, 0.15) is 46.5 Å². The number of esters is 1. The molecule has 1 saturated carbocycles. The van der Waals surface area contributed by atoms with Gasteiger partial charge in [0.25, 0.3) is 0 Å². The molecule has 0 spiro atoms. The number of carbonyl (C=O) groups excluding carboxylic acids is 2. The molecule has 1 fully saturated rings. The van der Waals surface area contributed by atoms with Gasteiger partial charge in [-0.2, -0.15) is 0 Å². The minimum atomic E-state index is -2.73. The van der Waals surface area contributed by atoms with Crippen molar-refractivity contribution >= 4 is 11.9 Å². The second-order valence-electron chi connectivity index (χ2n) is 5.92. The second kappa shape index (κ2) is 5.84. The van der Waals surface area contributed by atoms with E-state index in [1.807, 2.05) is 0 Å². The highest BCUT2D eigenvalue weighted by molar-refractivity contribution is 5.79. The Balaban J connectivity index is 2.23. The summed E-state index contributed by atoms with van der Waals surface area (Å²) >= 11 is 0. The fraction of sp³-hybridized carbons (Fsp3) is 0.846. The number of amides is 1. The maximum atomic E-state index is 12.9. The summed E-state index contributed by atoms with van der Waals surface area (Å²) in [6, 6.07) is 0. The van der Waals surface area contributed by atoms with Crippen LogP contribution in [0.4, 0.5) is 8.78 Å². The summed E-state index contributed by atoms with van der Waals surface area (Å²) in [4.78, 5) is 23.0. The number of hydrogen-bond donors (Lipinski definition) is 1. The molecule has 1 amide bonds. The van der Waals surface area contributed by atoms with Gasteiger partial charge in [0.1, 0.15) is 5.60 Å². The van der Waals surface area contributed by atoms with Crippen molar-refractivity contribution < 1.29 is 23.1 Å². The maximum absolute atomic E-state index is 12.9. The summed E-state index contributed by atoms with van der Waals surface area (Å²) in [7, 11) is 0. The quantitative estimate of drug-likeness (QED) is 0.802. The van der Waals surface area contributed by atoms with E-state index in [1.165, 1.54) is 0 Å². The standard InChI is InChI=1S/C13H21F2NO3/c1-12(2,3)19-10(17)5-7-16-11(18)9-4-6-13(14,15)8-9/h9H,4-8H2,1-3H3,(H,16,18). The van der Waals surface area contributed by atoms with Crippen LogP contribution in [0.2, 0.25) is 0 Å². The predicted octanol–water partition coefficient (Wildman–Crippen LogP) is 2.27. The summed E-state index contributed by atoms with van der Waals surface area (Å²) in [5.74, 6) is -4.19. The first-order chi connectivity index (χ1) is 8.59. The molecule has 19 heavy (non-hydrogen) atoms. The van der Waals surface area contributed by atoms with Gasteiger partial charge in [-0.05, 0) is 27.2 Å². The number of carbonyl (C=O) groups is 2. The molecule has 1 aliphatic rings. The lowest BCUT2D eigenvalue weighted by Gasteiger charge is -2.19. The summed E-state index contributed by atoms with van der Waals surface area (Å²) in [6.07, 6.45) is -0.389. The lowest BCUT2D eigenvalue weighted by Crippen LogP contribution is -2.33. The molecule has 0 radical (unpaired) electrons. The monoisotopic (exact) mass is 277 g/mol. The van der Waals surface area contributed by atoms with Crippen molar-refractivity contribution in [3.63, 3.8) is 0 Å². The number of hydrogen-bond acceptors (Lipinski definition) is 3. The number of ether oxygens (including phenoxy) is 1. The number of nitrogens with one attached hydrogen (secondary N) is 1. The van der Waals surface area contributed by atoms with Crippen molar-refractivity contribution in [1.29, 1.82) is 0 Å². The zero-order chi connectivity index (χ0) is 14.7. The molecule has 1 aliphatic carbocycles. The fourth-order valence-corrected chi connectivity index (χ4v) is 2.00. The zero-order valence-electron chi connectivity index (χ0n) is 11.6. The van der Waals surface area contributed by atoms with E-state index >= 15 is 0 Å². The number of alkyl halides is 2. The predicted molar refractivity (Wildman–Crippen MR) is 65.8 cm³/mol. The summed E-state index contributed by atoms with van der Waals surface area (Å²) in [5, 5.41) is 2.51. The molecule has 1 rings (SSSR count). The molecule has 110 valence electrons. The number of rotatable bonds is 4. The smallest absolute Gasteiger partial charge is 0.308 e. The van der Waals surface area contributed by atoms with E-state index in [0.717, 1.165) is 0 Å². The van der Waals surface area contributed by atoms with Gasteiger partial charge >= 0.3 is 5.97 Å². The Labute approximate surface area is 111 Å². The Morgan fingerprint density at radius 1 is 1.37 bits per heavy atom. The van der Waals surface area contributed by atoms with Gasteiger partial charge in [-0.25, -0.2) is 8.78 Å². The first-order valence-electron chi connectivity index (χ1n) is 6.46. The van der Waals surface area contributed by atoms with Gasteiger partial charge in [0.05, 0.1) is 6.42 Å². The van der Waals surface area contributed by atoms with Crippen LogP contribution in [0, 0.1) is 5.92 Å². The summed E-state index contributed by atoms with van der Waals surface area (Å²) in [6.45, 7) is 5.38. The van der Waals surface area contributed by atoms with Gasteiger partial charge in [0.2, 0.25) is 11.8 Å². The SMILES string of the molecule is CC(C)(C)OC(=O)CCNC(=O)C1CCC(F)(F)C1. The molecule has 1 atom stereocenters. The van der Waals surface area contributed by atoms with Gasteiger partial charge in [-0.1, -0.05) is 0 Å². The van der Waals surface area contributed by atoms with Crippen LogP contribution in [-0.4, -0.2) is 29.9 Å². The molecular formula is C13H21F2NO3. The second-order valence-corrected chi connectivity index (χ2v) is 5.92. The van der Waals surface area contributed by atoms with Crippen LogP contribution in [0.25, 0.3) is 0 Å². The highest BCUT2D eigenvalue weighted by Gasteiger charge is 2.42. The Morgan fingerprint density at radius 3 is 2.47 bits per heavy atom. The third kappa shape index (κ3) is 5.98. The molecule has 1 N–H and O–H groups in total. The lowest BCUT2D eigenvalue weighted by atomic mass is 10.1. The molecule has 0 bridgehead atoms. The van der Waals surface area contributed by atoms with Gasteiger partial charge in [-0.3, -0.25) is 9.59 Å². The Morgan fingerprint density at radius 2 is 2.00 bits per heavy atom. The molecule has 6 heteroatoms. The highest BCUT2D eigenvalue weighted by atomic mass is 19.3. The Kier molecular flexibility index (Phi) is 4.87. The van der Waals surface area contributed by atoms with E-state index in [4.69, 9.17) is 4.74 Å². The fourth-order valence-electron chi connectivity index (χ4n) is 2.00. The van der Waals surface area contributed by atoms with Crippen LogP contribution >= 0.6 is 0 Å². The van der Waals surface area contributed by atoms with Gasteiger partial charge in [-0.15, -0.1) is 0 Å². The number of halogens is 2. The Hall–Kier alpha value is -1.20. The normalized spacial score (nSPS) is 22.1. The van der Waals surface area contributed by atoms with Crippen molar-refractivity contribution in [3.05, 3.63) is 0 Å². The van der Waals surface area contributed by atoms with E-state index < -0.39 is 35.7 Å². The van der Waals surface area contributed by atoms with Crippen molar-refractivity contribution in [3.8, 4) is 0 Å². The van der Waals surface area contributed by atoms with E-state index in [2.05, 4.69) is 5.32 Å². The van der Waals surface area contributed by atoms with E-state index in [1.54, 1.807) is 20.8 Å². The zero-order valence-corrected chi connectivity index (χ0v) is 11.6. The average Bonchev–Trinajstić information content (AvgIpc) is 2.56. The molecular weight excluding hydrogens is 256 g/mol. The van der Waals surface area contributed by atoms with Crippen LogP contribution in [-0.2, 0) is 14.3 Å². The third-order valence-electron chi connectivity index (χ3n) is 2.82. The first-order valence-corrected chi connectivity index (χ1v) is 6.46. The minimum absolute atomic E-state index is 0.0477. The average molecular weight is 277 g/mol. The van der Waals surface area contributed by atoms with Crippen LogP contribution < -0.4 is 5.32 Å². The summed E-state index contributed by atoms with van der Waals surface area (Å²) in [5.41, 5.74) is -0.561. The molecule has 0 aromatic carbocycles. The van der Waals surface area contributed by atoms with Crippen LogP contribution in [0.15, 0.2) is 0 Å². The first kappa shape index (κ1) is 15.9. The van der Waals surface area contributed by atoms with Gasteiger partial charge < -0.3 is 10.1 Å². The van der Waals surface area contributed by atoms with Crippen LogP contribution in [0.5, 0.6) is 0 Å². The third-order valence-corrected chi connectivity index (χ3v) is 2.82. The van der Waals surface area contributed by atoms with Gasteiger partial charge in [0.15, 0.2) is 0 Å². The summed E-state index contributed by atoms with van der Waals surface area (Å²) < 4.78 is 30.9. The van der Waals surface area contributed by atoms with Crippen molar-refractivity contribution in [1.82, 2.24) is 5.32 Å².